The van der Waals surface area contributed by atoms with Gasteiger partial charge in [0.1, 0.15) is 11.6 Å². The van der Waals surface area contributed by atoms with E-state index in [2.05, 4.69) is 25.7 Å². The van der Waals surface area contributed by atoms with E-state index in [-0.39, 0.29) is 18.6 Å². The molecule has 29 heavy (non-hydrogen) atoms. The molecule has 1 amide bonds. The molecule has 4 rings (SSSR count). The van der Waals surface area contributed by atoms with E-state index in [9.17, 15) is 4.79 Å². The zero-order valence-corrected chi connectivity index (χ0v) is 16.4. The number of ether oxygens (including phenoxy) is 1. The number of carbonyl (C=O) groups is 1. The molecule has 9 heteroatoms. The number of fused-ring (bicyclic) bond motifs is 1. The van der Waals surface area contributed by atoms with Gasteiger partial charge in [0.15, 0.2) is 6.61 Å². The van der Waals surface area contributed by atoms with Crippen LogP contribution in [0.5, 0.6) is 5.75 Å². The Bertz CT molecular complexity index is 1150. The highest BCUT2D eigenvalue weighted by molar-refractivity contribution is 5.79. The largest absolute Gasteiger partial charge is 0.484 e. The first-order valence-electron chi connectivity index (χ1n) is 9.19. The number of amides is 1. The van der Waals surface area contributed by atoms with Crippen molar-refractivity contribution in [3.63, 3.8) is 0 Å². The second-order valence-electron chi connectivity index (χ2n) is 6.72. The molecule has 2 heterocycles. The smallest absolute Gasteiger partial charge is 0.258 e. The quantitative estimate of drug-likeness (QED) is 0.540. The second-order valence-corrected chi connectivity index (χ2v) is 6.72. The van der Waals surface area contributed by atoms with Gasteiger partial charge in [-0.05, 0) is 48.5 Å². The molecule has 0 bridgehead atoms. The lowest BCUT2D eigenvalue weighted by Crippen LogP contribution is -2.32. The molecule has 1 unspecified atom stereocenters. The number of nitrogens with zero attached hydrogens (tertiary/aromatic N) is 6. The molecular formula is C20H21N7O2. The third-order valence-corrected chi connectivity index (χ3v) is 4.58. The second kappa shape index (κ2) is 7.70. The summed E-state index contributed by atoms with van der Waals surface area (Å²) in [6, 6.07) is 14.8. The van der Waals surface area contributed by atoms with Gasteiger partial charge in [-0.25, -0.2) is 4.98 Å². The molecular weight excluding hydrogens is 370 g/mol. The molecule has 0 aliphatic heterocycles. The molecule has 148 valence electrons. The van der Waals surface area contributed by atoms with Gasteiger partial charge in [0.05, 0.1) is 24.1 Å². The zero-order valence-electron chi connectivity index (χ0n) is 16.4. The van der Waals surface area contributed by atoms with Gasteiger partial charge in [0, 0.05) is 12.6 Å². The Morgan fingerprint density at radius 1 is 1.14 bits per heavy atom. The molecule has 0 radical (unpaired) electrons. The van der Waals surface area contributed by atoms with Crippen molar-refractivity contribution in [3.05, 3.63) is 54.4 Å². The minimum absolute atomic E-state index is 0.0863. The lowest BCUT2D eigenvalue weighted by molar-refractivity contribution is -0.123. The topological polar surface area (TPSA) is 99.8 Å². The summed E-state index contributed by atoms with van der Waals surface area (Å²) in [5.41, 5.74) is 2.75. The van der Waals surface area contributed by atoms with Crippen LogP contribution in [0.4, 0.5) is 0 Å². The Balaban J connectivity index is 1.35. The first kappa shape index (κ1) is 18.6. The average Bonchev–Trinajstić information content (AvgIpc) is 3.31. The molecule has 0 fully saturated rings. The first-order valence-corrected chi connectivity index (χ1v) is 9.19. The van der Waals surface area contributed by atoms with Gasteiger partial charge in [-0.1, -0.05) is 12.1 Å². The number of para-hydroxylation sites is 2. The number of tetrazole rings is 1. The van der Waals surface area contributed by atoms with Gasteiger partial charge in [0.2, 0.25) is 5.82 Å². The normalized spacial score (nSPS) is 12.1. The molecule has 0 aliphatic rings. The summed E-state index contributed by atoms with van der Waals surface area (Å²) in [7, 11) is 3.65. The minimum atomic E-state index is -0.242. The Labute approximate surface area is 167 Å². The number of aryl methyl sites for hydroxylation is 2. The number of hydrogen-bond acceptors (Lipinski definition) is 6. The summed E-state index contributed by atoms with van der Waals surface area (Å²) >= 11 is 0. The van der Waals surface area contributed by atoms with Crippen LogP contribution < -0.4 is 10.1 Å². The van der Waals surface area contributed by atoms with Gasteiger partial charge in [0.25, 0.3) is 5.91 Å². The Kier molecular flexibility index (Phi) is 4.94. The summed E-state index contributed by atoms with van der Waals surface area (Å²) in [4.78, 5) is 18.3. The number of imidazole rings is 1. The van der Waals surface area contributed by atoms with Gasteiger partial charge < -0.3 is 14.6 Å². The SMILES string of the molecule is CC(NC(=O)COc1ccc(-c2nnn(C)n2)cc1)c1nc2ccccc2n1C. The Hall–Kier alpha value is -3.75. The van der Waals surface area contributed by atoms with Crippen LogP contribution in [0.2, 0.25) is 0 Å². The predicted octanol–water partition coefficient (Wildman–Crippen LogP) is 2.02. The van der Waals surface area contributed by atoms with Gasteiger partial charge in [-0.2, -0.15) is 4.80 Å². The highest BCUT2D eigenvalue weighted by Gasteiger charge is 2.16. The lowest BCUT2D eigenvalue weighted by Gasteiger charge is -2.14. The predicted molar refractivity (Wildman–Crippen MR) is 107 cm³/mol. The van der Waals surface area contributed by atoms with Crippen LogP contribution in [0.15, 0.2) is 48.5 Å². The molecule has 1 N–H and O–H groups in total. The highest BCUT2D eigenvalue weighted by Crippen LogP contribution is 2.20. The van der Waals surface area contributed by atoms with Crippen LogP contribution in [0.1, 0.15) is 18.8 Å². The fraction of sp³-hybridized carbons (Fsp3) is 0.250. The van der Waals surface area contributed by atoms with Crippen LogP contribution in [-0.2, 0) is 18.9 Å². The number of aromatic nitrogens is 6. The van der Waals surface area contributed by atoms with E-state index in [1.807, 2.05) is 54.9 Å². The number of nitrogens with one attached hydrogen (secondary N) is 1. The number of benzene rings is 2. The maximum Gasteiger partial charge on any atom is 0.258 e. The van der Waals surface area contributed by atoms with Gasteiger partial charge in [-0.3, -0.25) is 4.79 Å². The summed E-state index contributed by atoms with van der Waals surface area (Å²) in [5, 5.41) is 14.9. The molecule has 0 spiro atoms. The van der Waals surface area contributed by atoms with Crippen molar-refractivity contribution in [1.29, 1.82) is 0 Å². The van der Waals surface area contributed by atoms with Crippen LogP contribution in [-0.4, -0.2) is 42.3 Å². The standard InChI is InChI=1S/C20H21N7O2/c1-13(20-22-16-6-4-5-7-17(16)26(20)2)21-18(28)12-29-15-10-8-14(9-11-15)19-23-25-27(3)24-19/h4-11,13H,12H2,1-3H3,(H,21,28). The van der Waals surface area contributed by atoms with Crippen LogP contribution in [0.3, 0.4) is 0 Å². The molecule has 4 aromatic rings. The van der Waals surface area contributed by atoms with Crippen LogP contribution >= 0.6 is 0 Å². The maximum absolute atomic E-state index is 12.3. The molecule has 2 aromatic heterocycles. The Morgan fingerprint density at radius 3 is 2.59 bits per heavy atom. The van der Waals surface area contributed by atoms with Crippen molar-refractivity contribution < 1.29 is 9.53 Å². The van der Waals surface area contributed by atoms with Gasteiger partial charge in [-0.15, -0.1) is 10.2 Å². The number of rotatable bonds is 6. The summed E-state index contributed by atoms with van der Waals surface area (Å²) in [5.74, 6) is 1.70. The van der Waals surface area contributed by atoms with Crippen molar-refractivity contribution >= 4 is 16.9 Å². The molecule has 0 saturated heterocycles. The number of carbonyl (C=O) groups excluding carboxylic acids is 1. The first-order chi connectivity index (χ1) is 14.0. The third kappa shape index (κ3) is 3.93. The molecule has 0 saturated carbocycles. The summed E-state index contributed by atoms with van der Waals surface area (Å²) < 4.78 is 7.58. The van der Waals surface area contributed by atoms with E-state index < -0.39 is 0 Å². The number of hydrogen-bond donors (Lipinski definition) is 1. The fourth-order valence-corrected chi connectivity index (χ4v) is 3.15. The van der Waals surface area contributed by atoms with Crippen molar-refractivity contribution in [1.82, 2.24) is 35.1 Å². The summed E-state index contributed by atoms with van der Waals surface area (Å²) in [6.07, 6.45) is 0. The van der Waals surface area contributed by atoms with Crippen LogP contribution in [0.25, 0.3) is 22.4 Å². The lowest BCUT2D eigenvalue weighted by atomic mass is 10.2. The van der Waals surface area contributed by atoms with E-state index in [0.29, 0.717) is 11.6 Å². The fourth-order valence-electron chi connectivity index (χ4n) is 3.15. The van der Waals surface area contributed by atoms with E-state index >= 15 is 0 Å². The van der Waals surface area contributed by atoms with E-state index in [1.54, 1.807) is 19.2 Å². The van der Waals surface area contributed by atoms with Crippen molar-refractivity contribution in [2.45, 2.75) is 13.0 Å². The van der Waals surface area contributed by atoms with E-state index in [1.165, 1.54) is 4.80 Å². The molecule has 9 nitrogen and oxygen atoms in total. The maximum atomic E-state index is 12.3. The highest BCUT2D eigenvalue weighted by atomic mass is 16.5. The van der Waals surface area contributed by atoms with Gasteiger partial charge >= 0.3 is 0 Å². The van der Waals surface area contributed by atoms with Crippen molar-refractivity contribution in [3.8, 4) is 17.1 Å². The summed E-state index contributed by atoms with van der Waals surface area (Å²) in [6.45, 7) is 1.82. The zero-order chi connectivity index (χ0) is 20.4. The van der Waals surface area contributed by atoms with E-state index in [0.717, 1.165) is 22.4 Å². The monoisotopic (exact) mass is 391 g/mol. The Morgan fingerprint density at radius 2 is 1.90 bits per heavy atom. The van der Waals surface area contributed by atoms with E-state index in [4.69, 9.17) is 4.74 Å². The minimum Gasteiger partial charge on any atom is -0.484 e. The van der Waals surface area contributed by atoms with Crippen LogP contribution in [0, 0.1) is 0 Å². The average molecular weight is 391 g/mol. The molecule has 2 aromatic carbocycles. The van der Waals surface area contributed by atoms with Crippen molar-refractivity contribution in [2.24, 2.45) is 14.1 Å². The third-order valence-electron chi connectivity index (χ3n) is 4.58. The molecule has 1 atom stereocenters. The molecule has 0 aliphatic carbocycles. The van der Waals surface area contributed by atoms with Crippen molar-refractivity contribution in [2.75, 3.05) is 6.61 Å².